The van der Waals surface area contributed by atoms with Gasteiger partial charge in [-0.1, -0.05) is 19.4 Å². The summed E-state index contributed by atoms with van der Waals surface area (Å²) in [6, 6.07) is 7.58. The topological polar surface area (TPSA) is 72.9 Å². The number of amides is 1. The van der Waals surface area contributed by atoms with Gasteiger partial charge in [-0.15, -0.1) is 0 Å². The second-order valence-electron chi connectivity index (χ2n) is 6.78. The molecule has 1 aliphatic carbocycles. The van der Waals surface area contributed by atoms with E-state index in [1.165, 1.54) is 15.8 Å². The summed E-state index contributed by atoms with van der Waals surface area (Å²) in [7, 11) is 0. The smallest absolute Gasteiger partial charge is 0.276 e. The van der Waals surface area contributed by atoms with Crippen LogP contribution in [0.25, 0.3) is 0 Å². The van der Waals surface area contributed by atoms with Crippen LogP contribution in [0.4, 0.5) is 14.5 Å². The molecule has 0 saturated carbocycles. The van der Waals surface area contributed by atoms with E-state index in [0.717, 1.165) is 25.7 Å². The zero-order chi connectivity index (χ0) is 18.7. The number of aryl methyl sites for hydroxylation is 2. The number of hydrogen-bond acceptors (Lipinski definition) is 3. The molecule has 3 rings (SSSR count). The molecule has 26 heavy (non-hydrogen) atoms. The van der Waals surface area contributed by atoms with Crippen LogP contribution in [0.3, 0.4) is 0 Å². The highest BCUT2D eigenvalue weighted by Crippen LogP contribution is 2.24. The predicted molar refractivity (Wildman–Crippen MR) is 96.6 cm³/mol. The zero-order valence-electron chi connectivity index (χ0n) is 14.8. The van der Waals surface area contributed by atoms with Crippen LogP contribution in [0.1, 0.15) is 47.1 Å². The van der Waals surface area contributed by atoms with E-state index in [-0.39, 0.29) is 17.6 Å². The van der Waals surface area contributed by atoms with Gasteiger partial charge in [-0.25, -0.2) is 8.78 Å². The Morgan fingerprint density at radius 3 is 2.92 bits per heavy atom. The van der Waals surface area contributed by atoms with E-state index in [9.17, 15) is 13.6 Å². The number of aromatic nitrogens is 2. The first kappa shape index (κ1) is 18.5. The highest BCUT2D eigenvalue weighted by atomic mass is 19.3. The minimum atomic E-state index is -2.51. The van der Waals surface area contributed by atoms with Crippen LogP contribution in [0.2, 0.25) is 0 Å². The quantitative estimate of drug-likeness (QED) is 0.829. The molecule has 5 nitrogen and oxygen atoms in total. The van der Waals surface area contributed by atoms with Crippen molar-refractivity contribution in [3.63, 3.8) is 0 Å². The first-order valence-electron chi connectivity index (χ1n) is 9.00. The highest BCUT2D eigenvalue weighted by molar-refractivity contribution is 6.03. The second-order valence-corrected chi connectivity index (χ2v) is 6.78. The number of nitrogens with two attached hydrogens (primary N) is 1. The van der Waals surface area contributed by atoms with Gasteiger partial charge in [0.05, 0.1) is 0 Å². The van der Waals surface area contributed by atoms with Gasteiger partial charge in [-0.05, 0) is 55.0 Å². The fourth-order valence-corrected chi connectivity index (χ4v) is 3.37. The number of anilines is 1. The molecule has 1 heterocycles. The number of hydrogen-bond donors (Lipinski definition) is 2. The number of alkyl halides is 2. The summed E-state index contributed by atoms with van der Waals surface area (Å²) in [5.41, 5.74) is 9.89. The van der Waals surface area contributed by atoms with E-state index in [4.69, 9.17) is 5.73 Å². The van der Waals surface area contributed by atoms with Gasteiger partial charge in [0.1, 0.15) is 6.54 Å². The van der Waals surface area contributed by atoms with Crippen molar-refractivity contribution in [1.82, 2.24) is 9.78 Å². The third-order valence-electron chi connectivity index (χ3n) is 4.64. The van der Waals surface area contributed by atoms with E-state index in [2.05, 4.69) is 10.4 Å². The van der Waals surface area contributed by atoms with Crippen molar-refractivity contribution in [3.05, 3.63) is 46.8 Å². The van der Waals surface area contributed by atoms with E-state index in [0.29, 0.717) is 17.8 Å². The van der Waals surface area contributed by atoms with Crippen molar-refractivity contribution >= 4 is 11.6 Å². The molecule has 0 saturated heterocycles. The SMILES string of the molecule is CCCc1cc(C(=O)Nc2ccc3c(c2)CCC(N)C3)nn1CC(F)F. The summed E-state index contributed by atoms with van der Waals surface area (Å²) in [5.74, 6) is -0.386. The first-order valence-corrected chi connectivity index (χ1v) is 9.00. The lowest BCUT2D eigenvalue weighted by molar-refractivity contribution is 0.101. The summed E-state index contributed by atoms with van der Waals surface area (Å²) >= 11 is 0. The van der Waals surface area contributed by atoms with E-state index >= 15 is 0 Å². The van der Waals surface area contributed by atoms with Gasteiger partial charge in [0.2, 0.25) is 0 Å². The van der Waals surface area contributed by atoms with Crippen molar-refractivity contribution in [2.75, 3.05) is 5.32 Å². The molecule has 1 aliphatic rings. The van der Waals surface area contributed by atoms with Crippen molar-refractivity contribution in [1.29, 1.82) is 0 Å². The maximum absolute atomic E-state index is 12.7. The lowest BCUT2D eigenvalue weighted by Gasteiger charge is -2.22. The number of carbonyl (C=O) groups is 1. The Hall–Kier alpha value is -2.28. The number of halogens is 2. The highest BCUT2D eigenvalue weighted by Gasteiger charge is 2.19. The lowest BCUT2D eigenvalue weighted by atomic mass is 9.88. The van der Waals surface area contributed by atoms with Gasteiger partial charge in [-0.3, -0.25) is 9.48 Å². The molecule has 0 radical (unpaired) electrons. The Bertz CT molecular complexity index is 788. The van der Waals surface area contributed by atoms with Crippen LogP contribution in [-0.2, 0) is 25.8 Å². The number of rotatable bonds is 6. The Morgan fingerprint density at radius 2 is 2.19 bits per heavy atom. The fourth-order valence-electron chi connectivity index (χ4n) is 3.37. The molecular weight excluding hydrogens is 338 g/mol. The molecule has 0 spiro atoms. The Kier molecular flexibility index (Phi) is 5.66. The standard InChI is InChI=1S/C19H24F2N4O/c1-2-3-16-10-17(24-25(16)11-18(20)21)19(26)23-15-7-5-12-8-14(22)6-4-13(12)9-15/h5,7,9-10,14,18H,2-4,6,8,11,22H2,1H3,(H,23,26). The minimum Gasteiger partial charge on any atom is -0.327 e. The molecule has 0 bridgehead atoms. The molecule has 0 fully saturated rings. The zero-order valence-corrected chi connectivity index (χ0v) is 14.8. The third kappa shape index (κ3) is 4.27. The third-order valence-corrected chi connectivity index (χ3v) is 4.64. The molecule has 1 atom stereocenters. The molecular formula is C19H24F2N4O. The largest absolute Gasteiger partial charge is 0.327 e. The molecule has 7 heteroatoms. The Labute approximate surface area is 151 Å². The van der Waals surface area contributed by atoms with Crippen molar-refractivity contribution in [3.8, 4) is 0 Å². The average molecular weight is 362 g/mol. The maximum atomic E-state index is 12.7. The molecule has 1 unspecified atom stereocenters. The van der Waals surface area contributed by atoms with Gasteiger partial charge in [0.25, 0.3) is 12.3 Å². The molecule has 140 valence electrons. The second kappa shape index (κ2) is 7.95. The van der Waals surface area contributed by atoms with Crippen LogP contribution < -0.4 is 11.1 Å². The number of carbonyl (C=O) groups excluding carboxylic acids is 1. The monoisotopic (exact) mass is 362 g/mol. The molecule has 1 aromatic carbocycles. The first-order chi connectivity index (χ1) is 12.5. The minimum absolute atomic E-state index is 0.161. The summed E-state index contributed by atoms with van der Waals surface area (Å²) in [6.07, 6.45) is 1.57. The summed E-state index contributed by atoms with van der Waals surface area (Å²) in [6.45, 7) is 1.46. The van der Waals surface area contributed by atoms with Crippen LogP contribution in [0.15, 0.2) is 24.3 Å². The van der Waals surface area contributed by atoms with Gasteiger partial charge in [0, 0.05) is 17.4 Å². The van der Waals surface area contributed by atoms with Gasteiger partial charge in [0.15, 0.2) is 5.69 Å². The van der Waals surface area contributed by atoms with Crippen LogP contribution in [-0.4, -0.2) is 28.2 Å². The predicted octanol–water partition coefficient (Wildman–Crippen LogP) is 3.17. The van der Waals surface area contributed by atoms with Gasteiger partial charge in [-0.2, -0.15) is 5.10 Å². The number of nitrogens with one attached hydrogen (secondary N) is 1. The fraction of sp³-hybridized carbons (Fsp3) is 0.474. The normalized spacial score (nSPS) is 16.6. The summed E-state index contributed by atoms with van der Waals surface area (Å²) < 4.78 is 26.7. The van der Waals surface area contributed by atoms with Crippen molar-refractivity contribution in [2.24, 2.45) is 5.73 Å². The number of fused-ring (bicyclic) bond motifs is 1. The molecule has 1 amide bonds. The Morgan fingerprint density at radius 1 is 1.38 bits per heavy atom. The average Bonchev–Trinajstić information content (AvgIpc) is 2.97. The molecule has 3 N–H and O–H groups in total. The van der Waals surface area contributed by atoms with E-state index in [1.807, 2.05) is 25.1 Å². The summed E-state index contributed by atoms with van der Waals surface area (Å²) in [5, 5.41) is 6.89. The van der Waals surface area contributed by atoms with Crippen molar-refractivity contribution in [2.45, 2.75) is 58.0 Å². The number of nitrogens with zero attached hydrogens (tertiary/aromatic N) is 2. The number of benzene rings is 1. The maximum Gasteiger partial charge on any atom is 0.276 e. The van der Waals surface area contributed by atoms with Gasteiger partial charge < -0.3 is 11.1 Å². The lowest BCUT2D eigenvalue weighted by Crippen LogP contribution is -2.27. The van der Waals surface area contributed by atoms with Crippen LogP contribution in [0, 0.1) is 0 Å². The van der Waals surface area contributed by atoms with Crippen LogP contribution in [0.5, 0.6) is 0 Å². The molecule has 0 aliphatic heterocycles. The van der Waals surface area contributed by atoms with E-state index < -0.39 is 13.0 Å². The van der Waals surface area contributed by atoms with Gasteiger partial charge >= 0.3 is 0 Å². The molecule has 1 aromatic heterocycles. The summed E-state index contributed by atoms with van der Waals surface area (Å²) in [4.78, 5) is 12.5. The Balaban J connectivity index is 1.75. The van der Waals surface area contributed by atoms with E-state index in [1.54, 1.807) is 6.07 Å². The van der Waals surface area contributed by atoms with Crippen molar-refractivity contribution < 1.29 is 13.6 Å². The molecule has 2 aromatic rings. The van der Waals surface area contributed by atoms with Crippen LogP contribution >= 0.6 is 0 Å².